The molecule has 1 spiro atoms. The van der Waals surface area contributed by atoms with Gasteiger partial charge in [-0.3, -0.25) is 4.90 Å². The van der Waals surface area contributed by atoms with Gasteiger partial charge < -0.3 is 10.0 Å². The van der Waals surface area contributed by atoms with Crippen molar-refractivity contribution in [2.45, 2.75) is 50.6 Å². The van der Waals surface area contributed by atoms with Gasteiger partial charge in [-0.15, -0.1) is 0 Å². The van der Waals surface area contributed by atoms with Crippen LogP contribution in [0.15, 0.2) is 22.7 Å². The van der Waals surface area contributed by atoms with Gasteiger partial charge >= 0.3 is 6.09 Å². The van der Waals surface area contributed by atoms with Gasteiger partial charge in [-0.25, -0.2) is 4.79 Å². The summed E-state index contributed by atoms with van der Waals surface area (Å²) < 4.78 is 1.10. The summed E-state index contributed by atoms with van der Waals surface area (Å²) in [6.07, 6.45) is 6.16. The van der Waals surface area contributed by atoms with E-state index in [2.05, 4.69) is 39.0 Å². The van der Waals surface area contributed by atoms with E-state index in [0.717, 1.165) is 49.8 Å². The Bertz CT molecular complexity index is 710. The van der Waals surface area contributed by atoms with Crippen molar-refractivity contribution in [2.24, 2.45) is 11.3 Å². The number of benzene rings is 1. The highest BCUT2D eigenvalue weighted by Crippen LogP contribution is 2.63. The van der Waals surface area contributed by atoms with Crippen molar-refractivity contribution in [3.63, 3.8) is 0 Å². The van der Waals surface area contributed by atoms with Crippen molar-refractivity contribution in [3.8, 4) is 0 Å². The van der Waals surface area contributed by atoms with Crippen molar-refractivity contribution < 1.29 is 9.90 Å². The number of piperidine rings is 3. The molecule has 4 fully saturated rings. The van der Waals surface area contributed by atoms with Gasteiger partial charge in [-0.1, -0.05) is 22.0 Å². The number of fused-ring (bicyclic) bond motifs is 4. The summed E-state index contributed by atoms with van der Waals surface area (Å²) >= 11 is 3.59. The molecule has 3 aliphatic heterocycles. The number of amides is 1. The predicted molar refractivity (Wildman–Crippen MR) is 99.7 cm³/mol. The van der Waals surface area contributed by atoms with E-state index in [1.54, 1.807) is 0 Å². The lowest BCUT2D eigenvalue weighted by atomic mass is 9.74. The zero-order chi connectivity index (χ0) is 17.2. The number of halogens is 1. The number of nitrogens with zero attached hydrogens (tertiary/aromatic N) is 2. The van der Waals surface area contributed by atoms with E-state index in [1.807, 2.05) is 4.90 Å². The Labute approximate surface area is 157 Å². The second kappa shape index (κ2) is 5.71. The molecule has 2 aliphatic carbocycles. The normalized spacial score (nSPS) is 34.6. The van der Waals surface area contributed by atoms with Crippen molar-refractivity contribution in [3.05, 3.63) is 33.8 Å². The molecule has 2 bridgehead atoms. The molecule has 4 nitrogen and oxygen atoms in total. The minimum Gasteiger partial charge on any atom is -0.465 e. The fourth-order valence-corrected chi connectivity index (χ4v) is 6.14. The number of hydrogen-bond acceptors (Lipinski definition) is 2. The van der Waals surface area contributed by atoms with E-state index in [9.17, 15) is 9.90 Å². The first kappa shape index (κ1) is 16.1. The summed E-state index contributed by atoms with van der Waals surface area (Å²) in [7, 11) is 0. The molecule has 0 radical (unpaired) electrons. The summed E-state index contributed by atoms with van der Waals surface area (Å²) in [6, 6.07) is 6.68. The SMILES string of the molecule is O=C(O)N(C1c2ccc(Br)cc2CCC12CC2)[C@@H]1CN2CCC1CC2. The molecule has 6 rings (SSSR count). The summed E-state index contributed by atoms with van der Waals surface area (Å²) in [5, 5.41) is 10.2. The first-order valence-electron chi connectivity index (χ1n) is 9.59. The van der Waals surface area contributed by atoms with Crippen LogP contribution in [0.4, 0.5) is 4.79 Å². The van der Waals surface area contributed by atoms with Gasteiger partial charge in [0.15, 0.2) is 0 Å². The maximum atomic E-state index is 12.5. The van der Waals surface area contributed by atoms with Gasteiger partial charge in [0.2, 0.25) is 0 Å². The van der Waals surface area contributed by atoms with Crippen LogP contribution in [0.25, 0.3) is 0 Å². The second-order valence-corrected chi connectivity index (χ2v) is 9.42. The van der Waals surface area contributed by atoms with Gasteiger partial charge in [-0.2, -0.15) is 0 Å². The van der Waals surface area contributed by atoms with Crippen LogP contribution in [0, 0.1) is 11.3 Å². The molecular formula is C20H25BrN2O2. The van der Waals surface area contributed by atoms with Crippen LogP contribution in [-0.4, -0.2) is 46.7 Å². The Morgan fingerprint density at radius 2 is 2.00 bits per heavy atom. The summed E-state index contributed by atoms with van der Waals surface area (Å²) in [5.41, 5.74) is 2.81. The molecule has 5 heteroatoms. The minimum absolute atomic E-state index is 0.0485. The summed E-state index contributed by atoms with van der Waals surface area (Å²) in [5.74, 6) is 0.540. The van der Waals surface area contributed by atoms with Gasteiger partial charge in [0.25, 0.3) is 0 Å². The number of aryl methyl sites for hydroxylation is 1. The zero-order valence-electron chi connectivity index (χ0n) is 14.5. The fraction of sp³-hybridized carbons (Fsp3) is 0.650. The third-order valence-corrected chi connectivity index (χ3v) is 7.74. The van der Waals surface area contributed by atoms with Crippen molar-refractivity contribution >= 4 is 22.0 Å². The average Bonchev–Trinajstić information content (AvgIpc) is 3.39. The number of rotatable bonds is 2. The topological polar surface area (TPSA) is 43.8 Å². The van der Waals surface area contributed by atoms with Crippen LogP contribution in [0.2, 0.25) is 0 Å². The molecular weight excluding hydrogens is 380 g/mol. The van der Waals surface area contributed by atoms with E-state index in [-0.39, 0.29) is 17.5 Å². The van der Waals surface area contributed by atoms with E-state index in [1.165, 1.54) is 24.0 Å². The van der Waals surface area contributed by atoms with Crippen molar-refractivity contribution in [1.29, 1.82) is 0 Å². The fourth-order valence-electron chi connectivity index (χ4n) is 5.73. The first-order chi connectivity index (χ1) is 12.1. The molecule has 2 atom stereocenters. The highest BCUT2D eigenvalue weighted by molar-refractivity contribution is 9.10. The van der Waals surface area contributed by atoms with E-state index >= 15 is 0 Å². The molecule has 1 amide bonds. The Morgan fingerprint density at radius 1 is 1.24 bits per heavy atom. The lowest BCUT2D eigenvalue weighted by molar-refractivity contribution is -0.0243. The van der Waals surface area contributed by atoms with Gasteiger partial charge in [0.05, 0.1) is 12.1 Å². The van der Waals surface area contributed by atoms with Gasteiger partial charge in [-0.05, 0) is 86.2 Å². The van der Waals surface area contributed by atoms with Gasteiger partial charge in [0.1, 0.15) is 0 Å². The third-order valence-electron chi connectivity index (χ3n) is 7.24. The average molecular weight is 405 g/mol. The molecule has 1 aromatic carbocycles. The zero-order valence-corrected chi connectivity index (χ0v) is 16.0. The van der Waals surface area contributed by atoms with Crippen molar-refractivity contribution in [2.75, 3.05) is 19.6 Å². The largest absolute Gasteiger partial charge is 0.465 e. The molecule has 1 saturated carbocycles. The molecule has 1 N–H and O–H groups in total. The second-order valence-electron chi connectivity index (χ2n) is 8.50. The number of carbonyl (C=O) groups is 1. The molecule has 1 aromatic rings. The van der Waals surface area contributed by atoms with Crippen LogP contribution in [0.1, 0.15) is 49.3 Å². The predicted octanol–water partition coefficient (Wildman–Crippen LogP) is 4.29. The Morgan fingerprint density at radius 3 is 2.60 bits per heavy atom. The maximum absolute atomic E-state index is 12.5. The molecule has 3 heterocycles. The molecule has 134 valence electrons. The van der Waals surface area contributed by atoms with E-state index < -0.39 is 6.09 Å². The Kier molecular flexibility index (Phi) is 3.69. The van der Waals surface area contributed by atoms with Crippen LogP contribution < -0.4 is 0 Å². The van der Waals surface area contributed by atoms with Crippen LogP contribution in [0.3, 0.4) is 0 Å². The Balaban J connectivity index is 1.58. The monoisotopic (exact) mass is 404 g/mol. The third kappa shape index (κ3) is 2.54. The summed E-state index contributed by atoms with van der Waals surface area (Å²) in [4.78, 5) is 16.8. The number of hydrogen-bond donors (Lipinski definition) is 1. The molecule has 1 unspecified atom stereocenters. The van der Waals surface area contributed by atoms with E-state index in [4.69, 9.17) is 0 Å². The lowest BCUT2D eigenvalue weighted by Crippen LogP contribution is -2.60. The van der Waals surface area contributed by atoms with Crippen LogP contribution in [0.5, 0.6) is 0 Å². The number of carboxylic acid groups (broad SMARTS) is 1. The smallest absolute Gasteiger partial charge is 0.408 e. The molecule has 25 heavy (non-hydrogen) atoms. The van der Waals surface area contributed by atoms with Gasteiger partial charge in [0, 0.05) is 11.0 Å². The van der Waals surface area contributed by atoms with Crippen LogP contribution in [-0.2, 0) is 6.42 Å². The molecule has 3 saturated heterocycles. The minimum atomic E-state index is -0.717. The van der Waals surface area contributed by atoms with Crippen molar-refractivity contribution in [1.82, 2.24) is 9.80 Å². The first-order valence-corrected chi connectivity index (χ1v) is 10.4. The van der Waals surface area contributed by atoms with E-state index in [0.29, 0.717) is 5.92 Å². The standard InChI is InChI=1S/C20H25BrN2O2/c21-15-1-2-16-14(11-15)3-6-20(7-8-20)18(16)23(19(24)25)17-12-22-9-4-13(17)5-10-22/h1-2,11,13,17-18H,3-10,12H2,(H,24,25)/t17-,18?/m1/s1. The lowest BCUT2D eigenvalue weighted by Gasteiger charge is -2.52. The maximum Gasteiger partial charge on any atom is 0.408 e. The summed E-state index contributed by atoms with van der Waals surface area (Å²) in [6.45, 7) is 3.22. The highest BCUT2D eigenvalue weighted by Gasteiger charge is 2.57. The molecule has 5 aliphatic rings. The quantitative estimate of drug-likeness (QED) is 0.799. The highest BCUT2D eigenvalue weighted by atomic mass is 79.9. The molecule has 0 aromatic heterocycles. The van der Waals surface area contributed by atoms with Crippen LogP contribution >= 0.6 is 15.9 Å². The Hall–Kier alpha value is -1.07.